The number of ether oxygens (including phenoxy) is 3. The zero-order valence-electron chi connectivity index (χ0n) is 17.5. The Morgan fingerprint density at radius 1 is 1.25 bits per heavy atom. The number of methoxy groups -OCH3 is 2. The molecule has 2 N–H and O–H groups in total. The van der Waals surface area contributed by atoms with Crippen LogP contribution in [0.4, 0.5) is 0 Å². The van der Waals surface area contributed by atoms with Gasteiger partial charge >= 0.3 is 0 Å². The molecule has 0 radical (unpaired) electrons. The van der Waals surface area contributed by atoms with Crippen LogP contribution < -0.4 is 20.1 Å². The Balaban J connectivity index is 0.00000392. The first-order chi connectivity index (χ1) is 13.1. The van der Waals surface area contributed by atoms with Crippen LogP contribution in [0.1, 0.15) is 51.1 Å². The Morgan fingerprint density at radius 2 is 1.96 bits per heavy atom. The van der Waals surface area contributed by atoms with Crippen LogP contribution in [-0.4, -0.2) is 46.4 Å². The molecule has 1 aromatic rings. The molecule has 0 spiro atoms. The molecule has 2 rings (SSSR count). The van der Waals surface area contributed by atoms with E-state index in [1.54, 1.807) is 14.2 Å². The topological polar surface area (TPSA) is 68.8 Å². The molecule has 1 saturated heterocycles. The summed E-state index contributed by atoms with van der Waals surface area (Å²) in [7, 11) is 3.29. The van der Waals surface area contributed by atoms with Crippen LogP contribution in [0.25, 0.3) is 0 Å². The summed E-state index contributed by atoms with van der Waals surface area (Å²) in [6, 6.07) is 5.72. The van der Waals surface area contributed by atoms with Crippen LogP contribution in [0.15, 0.2) is 18.2 Å². The summed E-state index contributed by atoms with van der Waals surface area (Å²) in [5, 5.41) is 6.49. The Kier molecular flexibility index (Phi) is 10.6. The zero-order valence-corrected chi connectivity index (χ0v) is 18.3. The number of carbonyl (C=O) groups excluding carboxylic acids is 1. The molecule has 28 heavy (non-hydrogen) atoms. The summed E-state index contributed by atoms with van der Waals surface area (Å²) in [6.07, 6.45) is 3.66. The highest BCUT2D eigenvalue weighted by Crippen LogP contribution is 2.33. The van der Waals surface area contributed by atoms with Crippen molar-refractivity contribution in [1.29, 1.82) is 0 Å². The SMILES string of the molecule is CCCCOc1ccc(C(C)NC(=O)C2(COC)CCNCC2)cc1OC.Cl. The molecule has 1 heterocycles. The lowest BCUT2D eigenvalue weighted by atomic mass is 9.78. The minimum atomic E-state index is -0.457. The van der Waals surface area contributed by atoms with Crippen LogP contribution in [0.5, 0.6) is 11.5 Å². The lowest BCUT2D eigenvalue weighted by Gasteiger charge is -2.36. The average molecular weight is 415 g/mol. The summed E-state index contributed by atoms with van der Waals surface area (Å²) in [4.78, 5) is 13.0. The van der Waals surface area contributed by atoms with Gasteiger partial charge in [-0.25, -0.2) is 0 Å². The van der Waals surface area contributed by atoms with E-state index in [9.17, 15) is 4.79 Å². The fourth-order valence-electron chi connectivity index (χ4n) is 3.45. The number of hydrogen-bond acceptors (Lipinski definition) is 5. The second kappa shape index (κ2) is 12.1. The van der Waals surface area contributed by atoms with E-state index in [-0.39, 0.29) is 24.4 Å². The highest BCUT2D eigenvalue weighted by molar-refractivity contribution is 5.85. The van der Waals surface area contributed by atoms with E-state index in [4.69, 9.17) is 14.2 Å². The van der Waals surface area contributed by atoms with Crippen molar-refractivity contribution in [3.05, 3.63) is 23.8 Å². The predicted octanol–water partition coefficient (Wildman–Crippen LogP) is 3.49. The maximum absolute atomic E-state index is 13.0. The number of nitrogens with one attached hydrogen (secondary N) is 2. The van der Waals surface area contributed by atoms with Gasteiger partial charge in [-0.3, -0.25) is 4.79 Å². The molecule has 7 heteroatoms. The Hall–Kier alpha value is -1.50. The molecule has 1 amide bonds. The van der Waals surface area contributed by atoms with E-state index in [0.29, 0.717) is 19.0 Å². The van der Waals surface area contributed by atoms with Crippen molar-refractivity contribution in [3.63, 3.8) is 0 Å². The minimum Gasteiger partial charge on any atom is -0.493 e. The molecule has 1 atom stereocenters. The fourth-order valence-corrected chi connectivity index (χ4v) is 3.45. The van der Waals surface area contributed by atoms with Crippen molar-refractivity contribution < 1.29 is 19.0 Å². The molecule has 160 valence electrons. The molecule has 1 aromatic carbocycles. The molecule has 0 aromatic heterocycles. The third-order valence-electron chi connectivity index (χ3n) is 5.25. The van der Waals surface area contributed by atoms with Gasteiger partial charge < -0.3 is 24.8 Å². The van der Waals surface area contributed by atoms with Gasteiger partial charge in [0, 0.05) is 7.11 Å². The van der Waals surface area contributed by atoms with Crippen molar-refractivity contribution in [1.82, 2.24) is 10.6 Å². The maximum Gasteiger partial charge on any atom is 0.229 e. The van der Waals surface area contributed by atoms with Crippen molar-refractivity contribution >= 4 is 18.3 Å². The lowest BCUT2D eigenvalue weighted by molar-refractivity contribution is -0.136. The largest absolute Gasteiger partial charge is 0.493 e. The number of piperidine rings is 1. The Bertz CT molecular complexity index is 601. The van der Waals surface area contributed by atoms with Gasteiger partial charge in [-0.2, -0.15) is 0 Å². The van der Waals surface area contributed by atoms with Crippen LogP contribution >= 0.6 is 12.4 Å². The normalized spacial score (nSPS) is 16.6. The quantitative estimate of drug-likeness (QED) is 0.573. The Labute approximate surface area is 175 Å². The number of benzene rings is 1. The molecule has 1 unspecified atom stereocenters. The second-order valence-corrected chi connectivity index (χ2v) is 7.27. The van der Waals surface area contributed by atoms with Crippen LogP contribution in [0.3, 0.4) is 0 Å². The van der Waals surface area contributed by atoms with Gasteiger partial charge in [0.2, 0.25) is 5.91 Å². The van der Waals surface area contributed by atoms with E-state index in [1.165, 1.54) is 0 Å². The number of carbonyl (C=O) groups is 1. The number of unbranched alkanes of at least 4 members (excludes halogenated alkanes) is 1. The first kappa shape index (κ1) is 24.5. The molecule has 0 aliphatic carbocycles. The predicted molar refractivity (Wildman–Crippen MR) is 114 cm³/mol. The monoisotopic (exact) mass is 414 g/mol. The zero-order chi connectivity index (χ0) is 19.7. The van der Waals surface area contributed by atoms with Gasteiger partial charge in [0.05, 0.1) is 31.8 Å². The molecule has 6 nitrogen and oxygen atoms in total. The summed E-state index contributed by atoms with van der Waals surface area (Å²) >= 11 is 0. The van der Waals surface area contributed by atoms with E-state index >= 15 is 0 Å². The number of amides is 1. The van der Waals surface area contributed by atoms with Gasteiger partial charge in [0.15, 0.2) is 11.5 Å². The van der Waals surface area contributed by atoms with E-state index in [2.05, 4.69) is 17.6 Å². The Morgan fingerprint density at radius 3 is 2.57 bits per heavy atom. The number of hydrogen-bond donors (Lipinski definition) is 2. The second-order valence-electron chi connectivity index (χ2n) is 7.27. The first-order valence-corrected chi connectivity index (χ1v) is 9.87. The smallest absolute Gasteiger partial charge is 0.229 e. The summed E-state index contributed by atoms with van der Waals surface area (Å²) < 4.78 is 16.6. The van der Waals surface area contributed by atoms with Gasteiger partial charge in [-0.05, 0) is 57.0 Å². The van der Waals surface area contributed by atoms with Crippen molar-refractivity contribution in [2.45, 2.75) is 45.6 Å². The number of rotatable bonds is 10. The van der Waals surface area contributed by atoms with Crippen molar-refractivity contribution in [3.8, 4) is 11.5 Å². The van der Waals surface area contributed by atoms with Gasteiger partial charge in [-0.15, -0.1) is 12.4 Å². The standard InChI is InChI=1S/C21H34N2O4.ClH/c1-5-6-13-27-18-8-7-17(14-19(18)26-4)16(2)23-20(24)21(15-25-3)9-11-22-12-10-21;/h7-8,14,16,22H,5-6,9-13,15H2,1-4H3,(H,23,24);1H. The molecule has 0 bridgehead atoms. The van der Waals surface area contributed by atoms with Crippen LogP contribution in [0.2, 0.25) is 0 Å². The van der Waals surface area contributed by atoms with Crippen molar-refractivity contribution in [2.24, 2.45) is 5.41 Å². The van der Waals surface area contributed by atoms with E-state index in [1.807, 2.05) is 25.1 Å². The van der Waals surface area contributed by atoms with Gasteiger partial charge in [0.1, 0.15) is 0 Å². The fraction of sp³-hybridized carbons (Fsp3) is 0.667. The molecule has 1 aliphatic rings. The highest BCUT2D eigenvalue weighted by Gasteiger charge is 2.40. The summed E-state index contributed by atoms with van der Waals surface area (Å²) in [5.41, 5.74) is 0.534. The van der Waals surface area contributed by atoms with Crippen LogP contribution in [0, 0.1) is 5.41 Å². The average Bonchev–Trinajstić information content (AvgIpc) is 2.69. The molecule has 1 aliphatic heterocycles. The molecular weight excluding hydrogens is 380 g/mol. The lowest BCUT2D eigenvalue weighted by Crippen LogP contribution is -2.50. The maximum atomic E-state index is 13.0. The van der Waals surface area contributed by atoms with Gasteiger partial charge in [0.25, 0.3) is 0 Å². The molecule has 1 fully saturated rings. The minimum absolute atomic E-state index is 0. The highest BCUT2D eigenvalue weighted by atomic mass is 35.5. The molecular formula is C21H35ClN2O4. The summed E-state index contributed by atoms with van der Waals surface area (Å²) in [5.74, 6) is 1.49. The first-order valence-electron chi connectivity index (χ1n) is 9.87. The third kappa shape index (κ3) is 6.26. The van der Waals surface area contributed by atoms with E-state index in [0.717, 1.165) is 50.1 Å². The van der Waals surface area contributed by atoms with Crippen molar-refractivity contribution in [2.75, 3.05) is 40.5 Å². The summed E-state index contributed by atoms with van der Waals surface area (Å²) in [6.45, 7) is 6.91. The van der Waals surface area contributed by atoms with Crippen LogP contribution in [-0.2, 0) is 9.53 Å². The van der Waals surface area contributed by atoms with E-state index < -0.39 is 5.41 Å². The molecule has 0 saturated carbocycles. The van der Waals surface area contributed by atoms with Gasteiger partial charge in [-0.1, -0.05) is 19.4 Å². The number of halogens is 1. The third-order valence-corrected chi connectivity index (χ3v) is 5.25.